The van der Waals surface area contributed by atoms with Crippen LogP contribution in [0, 0.1) is 0 Å². The average Bonchev–Trinajstić information content (AvgIpc) is 3.37. The molecule has 0 saturated carbocycles. The van der Waals surface area contributed by atoms with Gasteiger partial charge in [-0.25, -0.2) is 4.98 Å². The first-order valence-corrected chi connectivity index (χ1v) is 13.2. The number of alkyl halides is 3. The van der Waals surface area contributed by atoms with Gasteiger partial charge in [-0.2, -0.15) is 13.2 Å². The fourth-order valence-electron chi connectivity index (χ4n) is 4.77. The third kappa shape index (κ3) is 6.63. The quantitative estimate of drug-likeness (QED) is 0.285. The summed E-state index contributed by atoms with van der Waals surface area (Å²) in [5.41, 5.74) is 5.78. The number of hydrogen-bond donors (Lipinski definition) is 2. The number of amides is 2. The molecule has 1 aliphatic heterocycles. The number of aromatic nitrogens is 1. The fourth-order valence-corrected chi connectivity index (χ4v) is 4.77. The van der Waals surface area contributed by atoms with Crippen LogP contribution in [0.4, 0.5) is 19.0 Å². The maximum Gasteiger partial charge on any atom is 0.420 e. The standard InChI is InChI=1S/C31H29F3N4O4/c1-30(2)18-38(11-12-41-30)29(40)21-7-5-20(6-8-21)22-13-23-14-24(42-28(23)25(15-22)31(32,33)34)17-37-27(39)10-4-19-3-9-26(35)36-16-19/h3-10,13-16H,11-12,17-18H2,1-2H3,(H2,35,36)(H,37,39)/b10-4+. The van der Waals surface area contributed by atoms with Gasteiger partial charge >= 0.3 is 6.18 Å². The molecule has 5 rings (SSSR count). The Morgan fingerprint density at radius 3 is 2.52 bits per heavy atom. The third-order valence-corrected chi connectivity index (χ3v) is 6.82. The highest BCUT2D eigenvalue weighted by atomic mass is 19.4. The zero-order chi connectivity index (χ0) is 30.1. The molecule has 2 aromatic heterocycles. The first kappa shape index (κ1) is 28.9. The minimum Gasteiger partial charge on any atom is -0.459 e. The Morgan fingerprint density at radius 1 is 1.10 bits per heavy atom. The highest BCUT2D eigenvalue weighted by molar-refractivity contribution is 5.95. The molecule has 2 amide bonds. The van der Waals surface area contributed by atoms with Gasteiger partial charge in [-0.05, 0) is 79.1 Å². The SMILES string of the molecule is CC1(C)CN(C(=O)c2ccc(-c3cc(C(F)(F)F)c4oc(CNC(=O)/C=C/c5ccc(N)nc5)cc4c3)cc2)CCO1. The molecule has 0 radical (unpaired) electrons. The van der Waals surface area contributed by atoms with Crippen LogP contribution in [-0.4, -0.2) is 47.0 Å². The molecule has 0 bridgehead atoms. The molecule has 0 aliphatic carbocycles. The number of hydrogen-bond acceptors (Lipinski definition) is 6. The lowest BCUT2D eigenvalue weighted by molar-refractivity contribution is -0.136. The molecule has 4 aromatic rings. The van der Waals surface area contributed by atoms with Crippen molar-refractivity contribution in [2.75, 3.05) is 25.4 Å². The number of anilines is 1. The number of carbonyl (C=O) groups excluding carboxylic acids is 2. The van der Waals surface area contributed by atoms with Crippen LogP contribution in [0.25, 0.3) is 28.2 Å². The van der Waals surface area contributed by atoms with Crippen LogP contribution in [0.15, 0.2) is 71.3 Å². The number of morpholine rings is 1. The first-order valence-electron chi connectivity index (χ1n) is 13.2. The zero-order valence-corrected chi connectivity index (χ0v) is 23.0. The molecular formula is C31H29F3N4O4. The third-order valence-electron chi connectivity index (χ3n) is 6.82. The molecule has 0 unspecified atom stereocenters. The molecule has 1 aliphatic rings. The van der Waals surface area contributed by atoms with Crippen molar-refractivity contribution in [2.24, 2.45) is 0 Å². The first-order chi connectivity index (χ1) is 19.9. The number of fused-ring (bicyclic) bond motifs is 1. The molecule has 2 aromatic carbocycles. The van der Waals surface area contributed by atoms with E-state index in [0.717, 1.165) is 6.07 Å². The van der Waals surface area contributed by atoms with Crippen molar-refractivity contribution in [1.29, 1.82) is 0 Å². The van der Waals surface area contributed by atoms with Gasteiger partial charge in [-0.3, -0.25) is 9.59 Å². The molecule has 42 heavy (non-hydrogen) atoms. The summed E-state index contributed by atoms with van der Waals surface area (Å²) in [7, 11) is 0. The van der Waals surface area contributed by atoms with E-state index in [-0.39, 0.29) is 29.2 Å². The number of rotatable bonds is 6. The number of furan rings is 1. The van der Waals surface area contributed by atoms with Crippen molar-refractivity contribution in [3.63, 3.8) is 0 Å². The Labute approximate surface area is 240 Å². The lowest BCUT2D eigenvalue weighted by Crippen LogP contribution is -2.50. The van der Waals surface area contributed by atoms with Crippen LogP contribution in [-0.2, 0) is 22.3 Å². The molecule has 1 fully saturated rings. The topological polar surface area (TPSA) is 111 Å². The summed E-state index contributed by atoms with van der Waals surface area (Å²) < 4.78 is 53.4. The average molecular weight is 579 g/mol. The second kappa shape index (κ2) is 11.3. The van der Waals surface area contributed by atoms with Crippen LogP contribution < -0.4 is 11.1 Å². The Morgan fingerprint density at radius 2 is 1.86 bits per heavy atom. The van der Waals surface area contributed by atoms with Gasteiger partial charge in [0.2, 0.25) is 5.91 Å². The van der Waals surface area contributed by atoms with E-state index in [2.05, 4.69) is 10.3 Å². The highest BCUT2D eigenvalue weighted by Crippen LogP contribution is 2.39. The Hall–Kier alpha value is -4.64. The fraction of sp³-hybridized carbons (Fsp3) is 0.258. The predicted molar refractivity (Wildman–Crippen MR) is 152 cm³/mol. The maximum absolute atomic E-state index is 14.0. The second-order valence-electron chi connectivity index (χ2n) is 10.6. The van der Waals surface area contributed by atoms with E-state index >= 15 is 0 Å². The Bertz CT molecular complexity index is 1640. The van der Waals surface area contributed by atoms with E-state index < -0.39 is 23.2 Å². The summed E-state index contributed by atoms with van der Waals surface area (Å²) in [5, 5.41) is 2.84. The molecule has 3 N–H and O–H groups in total. The predicted octanol–water partition coefficient (Wildman–Crippen LogP) is 5.68. The van der Waals surface area contributed by atoms with Gasteiger partial charge in [0.1, 0.15) is 17.2 Å². The van der Waals surface area contributed by atoms with Crippen LogP contribution in [0.5, 0.6) is 0 Å². The number of nitrogens with zero attached hydrogens (tertiary/aromatic N) is 2. The van der Waals surface area contributed by atoms with Crippen molar-refractivity contribution >= 4 is 34.7 Å². The maximum atomic E-state index is 14.0. The molecule has 0 atom stereocenters. The highest BCUT2D eigenvalue weighted by Gasteiger charge is 2.35. The number of ether oxygens (including phenoxy) is 1. The van der Waals surface area contributed by atoms with E-state index in [0.29, 0.717) is 47.8 Å². The summed E-state index contributed by atoms with van der Waals surface area (Å²) in [6.07, 6.45) is -0.356. The van der Waals surface area contributed by atoms with Crippen molar-refractivity contribution in [3.8, 4) is 11.1 Å². The molecule has 8 nitrogen and oxygen atoms in total. The normalized spacial score (nSPS) is 15.3. The summed E-state index contributed by atoms with van der Waals surface area (Å²) in [6, 6.07) is 13.9. The Kier molecular flexibility index (Phi) is 7.79. The van der Waals surface area contributed by atoms with Gasteiger partial charge in [-0.1, -0.05) is 12.1 Å². The lowest BCUT2D eigenvalue weighted by Gasteiger charge is -2.38. The van der Waals surface area contributed by atoms with Gasteiger partial charge in [-0.15, -0.1) is 0 Å². The second-order valence-corrected chi connectivity index (χ2v) is 10.6. The van der Waals surface area contributed by atoms with Crippen molar-refractivity contribution < 1.29 is 31.9 Å². The van der Waals surface area contributed by atoms with Crippen LogP contribution in [0.2, 0.25) is 0 Å². The lowest BCUT2D eigenvalue weighted by atomic mass is 9.99. The number of carbonyl (C=O) groups is 2. The molecule has 1 saturated heterocycles. The smallest absolute Gasteiger partial charge is 0.420 e. The van der Waals surface area contributed by atoms with Crippen molar-refractivity contribution in [2.45, 2.75) is 32.2 Å². The number of pyridine rings is 1. The minimum absolute atomic E-state index is 0.111. The number of benzene rings is 2. The van der Waals surface area contributed by atoms with Gasteiger partial charge in [0.15, 0.2) is 0 Å². The Balaban J connectivity index is 1.34. The largest absolute Gasteiger partial charge is 0.459 e. The van der Waals surface area contributed by atoms with E-state index in [1.165, 1.54) is 24.4 Å². The van der Waals surface area contributed by atoms with Gasteiger partial charge in [0.05, 0.1) is 24.3 Å². The zero-order valence-electron chi connectivity index (χ0n) is 23.0. The van der Waals surface area contributed by atoms with E-state index in [9.17, 15) is 22.8 Å². The van der Waals surface area contributed by atoms with Gasteiger partial charge in [0.25, 0.3) is 5.91 Å². The van der Waals surface area contributed by atoms with Gasteiger partial charge < -0.3 is 25.1 Å². The molecule has 11 heteroatoms. The number of halogens is 3. The molecule has 218 valence electrons. The summed E-state index contributed by atoms with van der Waals surface area (Å²) in [5.74, 6) is -0.106. The van der Waals surface area contributed by atoms with Crippen molar-refractivity contribution in [3.05, 3.63) is 89.3 Å². The van der Waals surface area contributed by atoms with Gasteiger partial charge in [0, 0.05) is 36.3 Å². The van der Waals surface area contributed by atoms with Crippen LogP contribution in [0.1, 0.15) is 41.1 Å². The number of nitrogens with two attached hydrogens (primary N) is 1. The van der Waals surface area contributed by atoms with Crippen LogP contribution in [0.3, 0.4) is 0 Å². The molecular weight excluding hydrogens is 549 g/mol. The molecule has 0 spiro atoms. The summed E-state index contributed by atoms with van der Waals surface area (Å²) in [6.45, 7) is 5.06. The summed E-state index contributed by atoms with van der Waals surface area (Å²) >= 11 is 0. The number of nitrogens with one attached hydrogen (secondary N) is 1. The van der Waals surface area contributed by atoms with Crippen LogP contribution >= 0.6 is 0 Å². The van der Waals surface area contributed by atoms with E-state index in [4.69, 9.17) is 14.9 Å². The number of nitrogen functional groups attached to an aromatic ring is 1. The summed E-state index contributed by atoms with van der Waals surface area (Å²) in [4.78, 5) is 30.9. The van der Waals surface area contributed by atoms with Crippen molar-refractivity contribution in [1.82, 2.24) is 15.2 Å². The molecule has 3 heterocycles. The minimum atomic E-state index is -4.68. The monoisotopic (exact) mass is 578 g/mol. The van der Waals surface area contributed by atoms with E-state index in [1.54, 1.807) is 47.4 Å². The van der Waals surface area contributed by atoms with E-state index in [1.807, 2.05) is 13.8 Å².